The number of carbonyl (C=O) groups excluding carboxylic acids is 3. The molecule has 0 N–H and O–H groups in total. The highest BCUT2D eigenvalue weighted by Crippen LogP contribution is 2.16. The van der Waals surface area contributed by atoms with Crippen LogP contribution in [0.3, 0.4) is 0 Å². The Labute approximate surface area is 499 Å². The molecule has 0 saturated carbocycles. The van der Waals surface area contributed by atoms with Crippen molar-refractivity contribution in [2.75, 3.05) is 13.2 Å². The second-order valence-corrected chi connectivity index (χ2v) is 21.6. The van der Waals surface area contributed by atoms with Crippen LogP contribution in [0.4, 0.5) is 0 Å². The lowest BCUT2D eigenvalue weighted by molar-refractivity contribution is -0.167. The summed E-state index contributed by atoms with van der Waals surface area (Å²) >= 11 is 0. The zero-order valence-electron chi connectivity index (χ0n) is 52.5. The average molecular weight is 1120 g/mol. The van der Waals surface area contributed by atoms with E-state index < -0.39 is 6.10 Å². The quantitative estimate of drug-likeness (QED) is 0.0261. The van der Waals surface area contributed by atoms with Gasteiger partial charge in [-0.25, -0.2) is 0 Å². The molecule has 0 aromatic carbocycles. The molecule has 0 aliphatic rings. The van der Waals surface area contributed by atoms with Crippen molar-refractivity contribution in [2.45, 2.75) is 297 Å². The van der Waals surface area contributed by atoms with Crippen molar-refractivity contribution in [3.8, 4) is 0 Å². The van der Waals surface area contributed by atoms with Gasteiger partial charge in [0, 0.05) is 19.3 Å². The van der Waals surface area contributed by atoms with Crippen LogP contribution in [-0.4, -0.2) is 37.2 Å². The molecule has 0 radical (unpaired) electrons. The Morgan fingerprint density at radius 2 is 0.481 bits per heavy atom. The Morgan fingerprint density at radius 3 is 0.765 bits per heavy atom. The molecule has 0 saturated heterocycles. The maximum atomic E-state index is 12.9. The highest BCUT2D eigenvalue weighted by atomic mass is 16.6. The number of esters is 3. The van der Waals surface area contributed by atoms with E-state index in [1.165, 1.54) is 103 Å². The van der Waals surface area contributed by atoms with Crippen molar-refractivity contribution in [1.82, 2.24) is 0 Å². The maximum absolute atomic E-state index is 12.9. The van der Waals surface area contributed by atoms with Gasteiger partial charge in [0.05, 0.1) is 0 Å². The summed E-state index contributed by atoms with van der Waals surface area (Å²) in [6.07, 6.45) is 97.1. The van der Waals surface area contributed by atoms with Crippen molar-refractivity contribution >= 4 is 17.9 Å². The van der Waals surface area contributed by atoms with E-state index in [1.54, 1.807) is 0 Å². The Balaban J connectivity index is 4.41. The second kappa shape index (κ2) is 67.8. The van der Waals surface area contributed by atoms with Gasteiger partial charge in [-0.3, -0.25) is 14.4 Å². The number of unbranched alkanes of at least 4 members (excludes halogenated alkanes) is 24. The Morgan fingerprint density at radius 1 is 0.259 bits per heavy atom. The van der Waals surface area contributed by atoms with Crippen LogP contribution in [0.1, 0.15) is 290 Å². The molecule has 0 amide bonds. The summed E-state index contributed by atoms with van der Waals surface area (Å²) in [5, 5.41) is 0. The minimum atomic E-state index is -0.803. The third-order valence-electron chi connectivity index (χ3n) is 13.8. The standard InChI is InChI=1S/C75H122O6/c1-4-7-10-13-16-19-22-25-28-30-31-32-33-34-35-36-37-38-39-40-41-42-43-45-47-50-53-56-59-62-65-68-74(77)80-71-72(70-79-73(76)67-64-61-58-55-52-49-46-27-24-21-18-15-12-9-6-3)81-75(78)69-66-63-60-57-54-51-48-44-29-26-23-20-17-14-11-8-5-2/h7-8,10-11,16-17,19-20,25-26,28-29,31-32,34-35,37-38,40-41,43,45,50,53,72H,4-6,9,12-15,18,21-24,27,30,33,36,39,42,44,46-49,51-52,54-71H2,1-3H3/b10-7-,11-8-,19-16-,20-17-,28-25-,29-26-,32-31-,35-34-,38-37-,41-40-,45-43-,53-50-. The van der Waals surface area contributed by atoms with Gasteiger partial charge in [-0.15, -0.1) is 0 Å². The van der Waals surface area contributed by atoms with Crippen molar-refractivity contribution in [3.05, 3.63) is 146 Å². The highest BCUT2D eigenvalue weighted by Gasteiger charge is 2.19. The molecule has 0 aliphatic carbocycles. The topological polar surface area (TPSA) is 78.9 Å². The number of rotatable bonds is 59. The van der Waals surface area contributed by atoms with Crippen LogP contribution in [0.2, 0.25) is 0 Å². The average Bonchev–Trinajstić information content (AvgIpc) is 3.47. The van der Waals surface area contributed by atoms with Crippen LogP contribution in [0.5, 0.6) is 0 Å². The lowest BCUT2D eigenvalue weighted by Gasteiger charge is -2.18. The Kier molecular flexibility index (Phi) is 63.9. The highest BCUT2D eigenvalue weighted by molar-refractivity contribution is 5.71. The SMILES string of the molecule is CC/C=C\C/C=C\C/C=C\C/C=C\C/C=C\C/C=C\C/C=C\C/C=C\C/C=C\CCCCCC(=O)OCC(COC(=O)CCCCCCCCCCCCCCCCC)OC(=O)CCCCCCCCC/C=C\C/C=C\C/C=C\CC. The zero-order chi connectivity index (χ0) is 58.5. The summed E-state index contributed by atoms with van der Waals surface area (Å²) in [7, 11) is 0. The van der Waals surface area contributed by atoms with Crippen LogP contribution in [0, 0.1) is 0 Å². The Bertz CT molecular complexity index is 1760. The van der Waals surface area contributed by atoms with Crippen LogP contribution in [-0.2, 0) is 28.6 Å². The molecule has 6 nitrogen and oxygen atoms in total. The van der Waals surface area contributed by atoms with Gasteiger partial charge in [-0.2, -0.15) is 0 Å². The number of ether oxygens (including phenoxy) is 3. The number of hydrogen-bond donors (Lipinski definition) is 0. The first kappa shape index (κ1) is 76.3. The van der Waals surface area contributed by atoms with E-state index in [4.69, 9.17) is 14.2 Å². The fourth-order valence-corrected chi connectivity index (χ4v) is 8.92. The molecule has 0 fully saturated rings. The van der Waals surface area contributed by atoms with Crippen LogP contribution in [0.15, 0.2) is 146 Å². The maximum Gasteiger partial charge on any atom is 0.306 e. The predicted octanol–water partition coefficient (Wildman–Crippen LogP) is 23.1. The van der Waals surface area contributed by atoms with Gasteiger partial charge in [-0.05, 0) is 122 Å². The van der Waals surface area contributed by atoms with Gasteiger partial charge >= 0.3 is 17.9 Å². The second-order valence-electron chi connectivity index (χ2n) is 21.6. The summed E-state index contributed by atoms with van der Waals surface area (Å²) in [4.78, 5) is 38.4. The lowest BCUT2D eigenvalue weighted by Crippen LogP contribution is -2.30. The summed E-state index contributed by atoms with van der Waals surface area (Å²) in [5.74, 6) is -0.935. The monoisotopic (exact) mass is 1120 g/mol. The first-order valence-corrected chi connectivity index (χ1v) is 33.3. The van der Waals surface area contributed by atoms with Gasteiger partial charge in [-0.1, -0.05) is 295 Å². The summed E-state index contributed by atoms with van der Waals surface area (Å²) in [6, 6.07) is 0. The number of allylic oxidation sites excluding steroid dienone is 24. The van der Waals surface area contributed by atoms with E-state index in [2.05, 4.69) is 167 Å². The summed E-state index contributed by atoms with van der Waals surface area (Å²) in [5.41, 5.74) is 0. The van der Waals surface area contributed by atoms with Crippen LogP contribution < -0.4 is 0 Å². The van der Waals surface area contributed by atoms with E-state index in [-0.39, 0.29) is 31.1 Å². The molecule has 0 spiro atoms. The molecule has 0 aliphatic heterocycles. The van der Waals surface area contributed by atoms with E-state index in [0.29, 0.717) is 19.3 Å². The molecule has 81 heavy (non-hydrogen) atoms. The van der Waals surface area contributed by atoms with E-state index in [0.717, 1.165) is 148 Å². The third kappa shape index (κ3) is 66.0. The molecule has 6 heteroatoms. The molecule has 458 valence electrons. The van der Waals surface area contributed by atoms with Crippen LogP contribution >= 0.6 is 0 Å². The van der Waals surface area contributed by atoms with Crippen molar-refractivity contribution in [3.63, 3.8) is 0 Å². The normalized spacial score (nSPS) is 13.1. The molecule has 1 unspecified atom stereocenters. The van der Waals surface area contributed by atoms with Crippen LogP contribution in [0.25, 0.3) is 0 Å². The van der Waals surface area contributed by atoms with Gasteiger partial charge in [0.15, 0.2) is 6.10 Å². The third-order valence-corrected chi connectivity index (χ3v) is 13.8. The number of hydrogen-bond acceptors (Lipinski definition) is 6. The van der Waals surface area contributed by atoms with E-state index in [9.17, 15) is 14.4 Å². The van der Waals surface area contributed by atoms with Crippen molar-refractivity contribution in [2.24, 2.45) is 0 Å². The van der Waals surface area contributed by atoms with Crippen molar-refractivity contribution in [1.29, 1.82) is 0 Å². The molecule has 0 heterocycles. The fourth-order valence-electron chi connectivity index (χ4n) is 8.92. The lowest BCUT2D eigenvalue weighted by atomic mass is 10.0. The summed E-state index contributed by atoms with van der Waals surface area (Å²) in [6.45, 7) is 6.40. The summed E-state index contributed by atoms with van der Waals surface area (Å²) < 4.78 is 16.9. The van der Waals surface area contributed by atoms with Gasteiger partial charge in [0.2, 0.25) is 0 Å². The van der Waals surface area contributed by atoms with Gasteiger partial charge in [0.1, 0.15) is 13.2 Å². The van der Waals surface area contributed by atoms with E-state index >= 15 is 0 Å². The molecular weight excluding hydrogens is 997 g/mol. The molecule has 0 rings (SSSR count). The zero-order valence-corrected chi connectivity index (χ0v) is 52.5. The smallest absolute Gasteiger partial charge is 0.306 e. The molecule has 0 aromatic rings. The predicted molar refractivity (Wildman–Crippen MR) is 352 cm³/mol. The fraction of sp³-hybridized carbons (Fsp3) is 0.640. The minimum Gasteiger partial charge on any atom is -0.462 e. The molecular formula is C75H122O6. The first-order chi connectivity index (χ1) is 40.0. The first-order valence-electron chi connectivity index (χ1n) is 33.3. The van der Waals surface area contributed by atoms with Gasteiger partial charge in [0.25, 0.3) is 0 Å². The largest absolute Gasteiger partial charge is 0.462 e. The molecule has 0 aromatic heterocycles. The van der Waals surface area contributed by atoms with E-state index in [1.807, 2.05) is 0 Å². The van der Waals surface area contributed by atoms with Crippen molar-refractivity contribution < 1.29 is 28.6 Å². The molecule has 0 bridgehead atoms. The molecule has 1 atom stereocenters. The Hall–Kier alpha value is -4.71. The van der Waals surface area contributed by atoms with Gasteiger partial charge < -0.3 is 14.2 Å². The minimum absolute atomic E-state index is 0.0948. The number of carbonyl (C=O) groups is 3.